The summed E-state index contributed by atoms with van der Waals surface area (Å²) in [4.78, 5) is 22.8. The molecule has 0 aromatic carbocycles. The van der Waals surface area contributed by atoms with Gasteiger partial charge in [0.25, 0.3) is 0 Å². The van der Waals surface area contributed by atoms with Crippen LogP contribution in [0.5, 0.6) is 0 Å². The molecular formula is C14H19N7O2. The van der Waals surface area contributed by atoms with E-state index in [0.29, 0.717) is 6.54 Å². The average Bonchev–Trinajstić information content (AvgIpc) is 2.51. The summed E-state index contributed by atoms with van der Waals surface area (Å²) in [6.07, 6.45) is 4.61. The Morgan fingerprint density at radius 3 is 2.61 bits per heavy atom. The first kappa shape index (κ1) is 16.6. The fraction of sp³-hybridized carbons (Fsp3) is 0.357. The van der Waals surface area contributed by atoms with Gasteiger partial charge >= 0.3 is 5.69 Å². The van der Waals surface area contributed by atoms with Crippen molar-refractivity contribution in [1.29, 1.82) is 0 Å². The lowest BCUT2D eigenvalue weighted by Gasteiger charge is -2.21. The molecule has 0 aliphatic carbocycles. The van der Waals surface area contributed by atoms with Crippen molar-refractivity contribution in [1.82, 2.24) is 20.4 Å². The third kappa shape index (κ3) is 4.85. The number of aromatic nitrogens is 3. The summed E-state index contributed by atoms with van der Waals surface area (Å²) in [6.45, 7) is 6.15. The fourth-order valence-corrected chi connectivity index (χ4v) is 1.71. The van der Waals surface area contributed by atoms with Crippen molar-refractivity contribution < 1.29 is 4.92 Å². The van der Waals surface area contributed by atoms with Crippen molar-refractivity contribution in [3.63, 3.8) is 0 Å². The number of anilines is 2. The number of hydrogen-bond acceptors (Lipinski definition) is 8. The van der Waals surface area contributed by atoms with E-state index in [1.54, 1.807) is 18.5 Å². The van der Waals surface area contributed by atoms with Crippen LogP contribution < -0.4 is 16.2 Å². The number of hydrazine groups is 1. The van der Waals surface area contributed by atoms with Gasteiger partial charge in [0, 0.05) is 24.5 Å². The van der Waals surface area contributed by atoms with Gasteiger partial charge in [-0.15, -0.1) is 0 Å². The normalized spacial score (nSPS) is 11.1. The lowest BCUT2D eigenvalue weighted by molar-refractivity contribution is -0.383. The molecule has 0 unspecified atom stereocenters. The minimum atomic E-state index is -0.516. The van der Waals surface area contributed by atoms with Gasteiger partial charge in [-0.25, -0.2) is 15.4 Å². The second kappa shape index (κ2) is 6.97. The first-order valence-corrected chi connectivity index (χ1v) is 7.02. The molecule has 9 heteroatoms. The van der Waals surface area contributed by atoms with E-state index < -0.39 is 4.92 Å². The van der Waals surface area contributed by atoms with Crippen molar-refractivity contribution in [2.24, 2.45) is 0 Å². The molecule has 2 aromatic rings. The van der Waals surface area contributed by atoms with Crippen LogP contribution in [0.3, 0.4) is 0 Å². The van der Waals surface area contributed by atoms with Crippen LogP contribution in [0.2, 0.25) is 0 Å². The van der Waals surface area contributed by atoms with E-state index in [1.807, 2.05) is 26.8 Å². The Labute approximate surface area is 133 Å². The van der Waals surface area contributed by atoms with E-state index in [0.717, 1.165) is 5.56 Å². The topological polar surface area (TPSA) is 118 Å². The van der Waals surface area contributed by atoms with E-state index in [-0.39, 0.29) is 22.9 Å². The number of nitrogens with one attached hydrogen (secondary N) is 3. The Morgan fingerprint density at radius 1 is 1.26 bits per heavy atom. The van der Waals surface area contributed by atoms with Crippen molar-refractivity contribution in [2.75, 3.05) is 10.7 Å². The SMILES string of the molecule is CC(C)(C)NNc1ncnc(NCc2cccnc2)c1[N+](=O)[O-]. The van der Waals surface area contributed by atoms with Gasteiger partial charge in [0.1, 0.15) is 6.33 Å². The van der Waals surface area contributed by atoms with Crippen LogP contribution >= 0.6 is 0 Å². The van der Waals surface area contributed by atoms with Gasteiger partial charge in [0.15, 0.2) is 0 Å². The van der Waals surface area contributed by atoms with Crippen LogP contribution in [0, 0.1) is 10.1 Å². The quantitative estimate of drug-likeness (QED) is 0.547. The second-order valence-corrected chi connectivity index (χ2v) is 5.89. The van der Waals surface area contributed by atoms with Crippen LogP contribution in [-0.2, 0) is 6.54 Å². The van der Waals surface area contributed by atoms with E-state index in [9.17, 15) is 10.1 Å². The molecule has 0 aliphatic rings. The molecule has 0 fully saturated rings. The Balaban J connectivity index is 2.20. The molecule has 23 heavy (non-hydrogen) atoms. The molecule has 3 N–H and O–H groups in total. The van der Waals surface area contributed by atoms with Gasteiger partial charge in [-0.1, -0.05) is 6.07 Å². The first-order valence-electron chi connectivity index (χ1n) is 7.02. The zero-order valence-corrected chi connectivity index (χ0v) is 13.2. The highest BCUT2D eigenvalue weighted by atomic mass is 16.6. The number of pyridine rings is 1. The van der Waals surface area contributed by atoms with Crippen LogP contribution in [0.4, 0.5) is 17.3 Å². The summed E-state index contributed by atoms with van der Waals surface area (Å²) in [5.41, 5.74) is 6.13. The summed E-state index contributed by atoms with van der Waals surface area (Å²) in [7, 11) is 0. The van der Waals surface area contributed by atoms with Crippen LogP contribution in [0.15, 0.2) is 30.9 Å². The molecule has 0 aliphatic heterocycles. The molecule has 9 nitrogen and oxygen atoms in total. The Morgan fingerprint density at radius 2 is 2.00 bits per heavy atom. The molecule has 0 saturated heterocycles. The maximum atomic E-state index is 11.4. The van der Waals surface area contributed by atoms with Gasteiger partial charge in [-0.2, -0.15) is 0 Å². The van der Waals surface area contributed by atoms with E-state index >= 15 is 0 Å². The first-order chi connectivity index (χ1) is 10.9. The standard InChI is InChI=1S/C14H19N7O2/c1-14(2,3)20-19-13-11(21(22)23)12(17-9-18-13)16-8-10-5-4-6-15-7-10/h4-7,9,20H,8H2,1-3H3,(H2,16,17,18,19). The number of nitrogens with zero attached hydrogens (tertiary/aromatic N) is 4. The summed E-state index contributed by atoms with van der Waals surface area (Å²) < 4.78 is 0. The summed E-state index contributed by atoms with van der Waals surface area (Å²) in [6, 6.07) is 3.67. The van der Waals surface area contributed by atoms with Gasteiger partial charge in [0.2, 0.25) is 11.6 Å². The summed E-state index contributed by atoms with van der Waals surface area (Å²) >= 11 is 0. The third-order valence-electron chi connectivity index (χ3n) is 2.74. The third-order valence-corrected chi connectivity index (χ3v) is 2.74. The van der Waals surface area contributed by atoms with E-state index in [1.165, 1.54) is 6.33 Å². The number of hydrogen-bond donors (Lipinski definition) is 3. The summed E-state index contributed by atoms with van der Waals surface area (Å²) in [5.74, 6) is 0.251. The van der Waals surface area contributed by atoms with Crippen LogP contribution in [0.25, 0.3) is 0 Å². The molecule has 0 radical (unpaired) electrons. The number of rotatable bonds is 6. The Hall–Kier alpha value is -2.81. The monoisotopic (exact) mass is 317 g/mol. The average molecular weight is 317 g/mol. The predicted molar refractivity (Wildman–Crippen MR) is 86.8 cm³/mol. The molecule has 2 rings (SSSR count). The highest BCUT2D eigenvalue weighted by Crippen LogP contribution is 2.28. The lowest BCUT2D eigenvalue weighted by atomic mass is 10.1. The smallest absolute Gasteiger partial charge is 0.354 e. The van der Waals surface area contributed by atoms with Crippen molar-refractivity contribution in [2.45, 2.75) is 32.9 Å². The van der Waals surface area contributed by atoms with Crippen LogP contribution in [-0.4, -0.2) is 25.4 Å². The largest absolute Gasteiger partial charge is 0.360 e. The minimum Gasteiger partial charge on any atom is -0.360 e. The highest BCUT2D eigenvalue weighted by Gasteiger charge is 2.23. The van der Waals surface area contributed by atoms with Crippen molar-refractivity contribution >= 4 is 17.3 Å². The fourth-order valence-electron chi connectivity index (χ4n) is 1.71. The Bertz CT molecular complexity index is 671. The molecule has 0 spiro atoms. The molecule has 2 aromatic heterocycles. The molecule has 2 heterocycles. The minimum absolute atomic E-state index is 0.105. The van der Waals surface area contributed by atoms with Crippen LogP contribution in [0.1, 0.15) is 26.3 Å². The predicted octanol–water partition coefficient (Wildman–Crippen LogP) is 2.11. The molecule has 122 valence electrons. The van der Waals surface area contributed by atoms with E-state index in [2.05, 4.69) is 31.1 Å². The zero-order valence-electron chi connectivity index (χ0n) is 13.2. The zero-order chi connectivity index (χ0) is 16.9. The maximum absolute atomic E-state index is 11.4. The van der Waals surface area contributed by atoms with Gasteiger partial charge < -0.3 is 5.32 Å². The number of nitro groups is 1. The highest BCUT2D eigenvalue weighted by molar-refractivity contribution is 5.68. The van der Waals surface area contributed by atoms with E-state index in [4.69, 9.17) is 0 Å². The lowest BCUT2D eigenvalue weighted by Crippen LogP contribution is -2.40. The summed E-state index contributed by atoms with van der Waals surface area (Å²) in [5, 5.41) is 14.3. The van der Waals surface area contributed by atoms with Gasteiger partial charge in [-0.3, -0.25) is 20.5 Å². The molecule has 0 saturated carbocycles. The maximum Gasteiger partial charge on any atom is 0.354 e. The molecule has 0 bridgehead atoms. The molecule has 0 amide bonds. The molecule has 0 atom stereocenters. The van der Waals surface area contributed by atoms with Crippen molar-refractivity contribution in [3.8, 4) is 0 Å². The van der Waals surface area contributed by atoms with Gasteiger partial charge in [0.05, 0.1) is 4.92 Å². The Kier molecular flexibility index (Phi) is 5.02. The van der Waals surface area contributed by atoms with Gasteiger partial charge in [-0.05, 0) is 32.4 Å². The molecular weight excluding hydrogens is 298 g/mol. The van der Waals surface area contributed by atoms with Crippen molar-refractivity contribution in [3.05, 3.63) is 46.5 Å². The second-order valence-electron chi connectivity index (χ2n) is 5.89.